The molecule has 0 unspecified atom stereocenters. The second-order valence-corrected chi connectivity index (χ2v) is 4.77. The summed E-state index contributed by atoms with van der Waals surface area (Å²) >= 11 is 0. The third-order valence-electron chi connectivity index (χ3n) is 2.90. The predicted molar refractivity (Wildman–Crippen MR) is 81.3 cm³/mol. The van der Waals surface area contributed by atoms with Crippen LogP contribution in [0.3, 0.4) is 0 Å². The highest BCUT2D eigenvalue weighted by Gasteiger charge is 1.90. The van der Waals surface area contributed by atoms with E-state index >= 15 is 0 Å². The van der Waals surface area contributed by atoms with Crippen molar-refractivity contribution < 1.29 is 0 Å². The fourth-order valence-electron chi connectivity index (χ4n) is 1.74. The first-order valence-corrected chi connectivity index (χ1v) is 7.68. The minimum absolute atomic E-state index is 1.11. The highest BCUT2D eigenvalue weighted by molar-refractivity contribution is 4.55. The van der Waals surface area contributed by atoms with Crippen LogP contribution in [0.5, 0.6) is 0 Å². The number of hydrogen-bond acceptors (Lipinski definition) is 4. The molecule has 0 bridgehead atoms. The summed E-state index contributed by atoms with van der Waals surface area (Å²) in [4.78, 5) is 0. The van der Waals surface area contributed by atoms with E-state index in [0.29, 0.717) is 0 Å². The molecule has 0 aromatic heterocycles. The van der Waals surface area contributed by atoms with Gasteiger partial charge in [0.05, 0.1) is 0 Å². The number of nitrogens with one attached hydrogen (secondary N) is 4. The van der Waals surface area contributed by atoms with E-state index in [9.17, 15) is 0 Å². The Morgan fingerprint density at radius 2 is 0.944 bits per heavy atom. The predicted octanol–water partition coefficient (Wildman–Crippen LogP) is 0.945. The highest BCUT2D eigenvalue weighted by Crippen LogP contribution is 1.83. The summed E-state index contributed by atoms with van der Waals surface area (Å²) in [6.45, 7) is 10.2. The molecular formula is C14H34N4. The molecule has 0 heterocycles. The Morgan fingerprint density at radius 3 is 1.33 bits per heavy atom. The highest BCUT2D eigenvalue weighted by atomic mass is 14.9. The Labute approximate surface area is 114 Å². The van der Waals surface area contributed by atoms with Gasteiger partial charge in [-0.15, -0.1) is 0 Å². The maximum atomic E-state index is 3.49. The fraction of sp³-hybridized carbons (Fsp3) is 1.00. The topological polar surface area (TPSA) is 48.1 Å². The summed E-state index contributed by atoms with van der Waals surface area (Å²) < 4.78 is 0. The van der Waals surface area contributed by atoms with Crippen LogP contribution in [0.25, 0.3) is 0 Å². The van der Waals surface area contributed by atoms with E-state index in [1.165, 1.54) is 38.6 Å². The molecule has 0 spiro atoms. The van der Waals surface area contributed by atoms with Crippen molar-refractivity contribution in [1.29, 1.82) is 0 Å². The zero-order valence-corrected chi connectivity index (χ0v) is 12.5. The summed E-state index contributed by atoms with van der Waals surface area (Å²) in [7, 11) is 2.00. The number of unbranched alkanes of at least 4 members (excludes halogenated alkanes) is 1. The standard InChI is InChI=1S/C14H34N4/c1-3-4-9-16-11-6-13-18-14-7-12-17-10-5-8-15-2/h15-18H,3-14H2,1-2H3. The Kier molecular flexibility index (Phi) is 16.7. The molecule has 0 saturated heterocycles. The zero-order valence-electron chi connectivity index (χ0n) is 12.5. The van der Waals surface area contributed by atoms with E-state index < -0.39 is 0 Å². The smallest absolute Gasteiger partial charge is 0.00368 e. The van der Waals surface area contributed by atoms with Gasteiger partial charge in [0, 0.05) is 0 Å². The van der Waals surface area contributed by atoms with Crippen molar-refractivity contribution in [2.45, 2.75) is 39.0 Å². The van der Waals surface area contributed by atoms with Crippen LogP contribution in [-0.2, 0) is 0 Å². The van der Waals surface area contributed by atoms with Gasteiger partial charge < -0.3 is 21.3 Å². The van der Waals surface area contributed by atoms with E-state index in [1.807, 2.05) is 7.05 Å². The first kappa shape index (κ1) is 17.8. The SMILES string of the molecule is CCCCNCCCNCCCNCCCNC. The summed E-state index contributed by atoms with van der Waals surface area (Å²) in [5.41, 5.74) is 0. The zero-order chi connectivity index (χ0) is 13.3. The monoisotopic (exact) mass is 258 g/mol. The van der Waals surface area contributed by atoms with Gasteiger partial charge >= 0.3 is 0 Å². The van der Waals surface area contributed by atoms with Crippen LogP contribution in [0.4, 0.5) is 0 Å². The molecule has 4 heteroatoms. The van der Waals surface area contributed by atoms with Gasteiger partial charge in [-0.3, -0.25) is 0 Å². The molecule has 18 heavy (non-hydrogen) atoms. The van der Waals surface area contributed by atoms with Gasteiger partial charge in [-0.1, -0.05) is 13.3 Å². The van der Waals surface area contributed by atoms with Crippen LogP contribution in [0.15, 0.2) is 0 Å². The van der Waals surface area contributed by atoms with Crippen molar-refractivity contribution in [2.24, 2.45) is 0 Å². The maximum Gasteiger partial charge on any atom is -0.00368 e. The third-order valence-corrected chi connectivity index (χ3v) is 2.90. The van der Waals surface area contributed by atoms with Gasteiger partial charge in [-0.05, 0) is 78.5 Å². The Bertz CT molecular complexity index is 126. The lowest BCUT2D eigenvalue weighted by Gasteiger charge is -2.07. The quantitative estimate of drug-likeness (QED) is 0.330. The molecule has 4 N–H and O–H groups in total. The summed E-state index contributed by atoms with van der Waals surface area (Å²) in [5, 5.41) is 13.6. The average molecular weight is 258 g/mol. The van der Waals surface area contributed by atoms with E-state index in [4.69, 9.17) is 0 Å². The summed E-state index contributed by atoms with van der Waals surface area (Å²) in [6.07, 6.45) is 6.26. The van der Waals surface area contributed by atoms with Gasteiger partial charge in [0.15, 0.2) is 0 Å². The lowest BCUT2D eigenvalue weighted by molar-refractivity contribution is 0.553. The van der Waals surface area contributed by atoms with E-state index in [0.717, 1.165) is 39.3 Å². The normalized spacial score (nSPS) is 11.0. The van der Waals surface area contributed by atoms with Crippen molar-refractivity contribution in [1.82, 2.24) is 21.3 Å². The molecular weight excluding hydrogens is 224 g/mol. The minimum atomic E-state index is 1.11. The van der Waals surface area contributed by atoms with Crippen LogP contribution < -0.4 is 21.3 Å². The molecule has 0 aliphatic rings. The molecule has 0 radical (unpaired) electrons. The van der Waals surface area contributed by atoms with E-state index in [1.54, 1.807) is 0 Å². The third kappa shape index (κ3) is 15.8. The molecule has 0 aliphatic carbocycles. The summed E-state index contributed by atoms with van der Waals surface area (Å²) in [5.74, 6) is 0. The Hall–Kier alpha value is -0.160. The largest absolute Gasteiger partial charge is 0.320 e. The molecule has 0 fully saturated rings. The molecule has 0 saturated carbocycles. The first-order chi connectivity index (χ1) is 8.91. The lowest BCUT2D eigenvalue weighted by atomic mass is 10.3. The van der Waals surface area contributed by atoms with Gasteiger partial charge in [0.25, 0.3) is 0 Å². The van der Waals surface area contributed by atoms with Gasteiger partial charge in [-0.2, -0.15) is 0 Å². The van der Waals surface area contributed by atoms with Crippen molar-refractivity contribution in [3.05, 3.63) is 0 Å². The van der Waals surface area contributed by atoms with Crippen LogP contribution in [0.2, 0.25) is 0 Å². The maximum absolute atomic E-state index is 3.49. The molecule has 0 amide bonds. The molecule has 110 valence electrons. The number of rotatable bonds is 15. The van der Waals surface area contributed by atoms with E-state index in [-0.39, 0.29) is 0 Å². The average Bonchev–Trinajstić information content (AvgIpc) is 2.39. The molecule has 4 nitrogen and oxygen atoms in total. The van der Waals surface area contributed by atoms with Crippen molar-refractivity contribution >= 4 is 0 Å². The molecule has 0 atom stereocenters. The van der Waals surface area contributed by atoms with Crippen LogP contribution in [-0.4, -0.2) is 52.9 Å². The van der Waals surface area contributed by atoms with Crippen molar-refractivity contribution in [2.75, 3.05) is 52.9 Å². The van der Waals surface area contributed by atoms with Gasteiger partial charge in [0.1, 0.15) is 0 Å². The Morgan fingerprint density at radius 1 is 0.556 bits per heavy atom. The fourth-order valence-corrected chi connectivity index (χ4v) is 1.74. The first-order valence-electron chi connectivity index (χ1n) is 7.68. The van der Waals surface area contributed by atoms with Crippen molar-refractivity contribution in [3.8, 4) is 0 Å². The van der Waals surface area contributed by atoms with Crippen LogP contribution >= 0.6 is 0 Å². The van der Waals surface area contributed by atoms with Gasteiger partial charge in [-0.25, -0.2) is 0 Å². The van der Waals surface area contributed by atoms with Crippen LogP contribution in [0, 0.1) is 0 Å². The van der Waals surface area contributed by atoms with Crippen molar-refractivity contribution in [3.63, 3.8) is 0 Å². The van der Waals surface area contributed by atoms with Crippen LogP contribution in [0.1, 0.15) is 39.0 Å². The number of hydrogen-bond donors (Lipinski definition) is 4. The minimum Gasteiger partial charge on any atom is -0.320 e. The second kappa shape index (κ2) is 16.8. The molecule has 0 aromatic carbocycles. The van der Waals surface area contributed by atoms with Gasteiger partial charge in [0.2, 0.25) is 0 Å². The molecule has 0 aliphatic heterocycles. The Balaban J connectivity index is 2.86. The lowest BCUT2D eigenvalue weighted by Crippen LogP contribution is -2.26. The second-order valence-electron chi connectivity index (χ2n) is 4.77. The summed E-state index contributed by atoms with van der Waals surface area (Å²) in [6, 6.07) is 0. The van der Waals surface area contributed by atoms with E-state index in [2.05, 4.69) is 28.2 Å². The molecule has 0 aromatic rings. The molecule has 0 rings (SSSR count).